The predicted octanol–water partition coefficient (Wildman–Crippen LogP) is 4.02. The summed E-state index contributed by atoms with van der Waals surface area (Å²) in [6, 6.07) is 3.66. The quantitative estimate of drug-likeness (QED) is 0.768. The van der Waals surface area contributed by atoms with Crippen molar-refractivity contribution >= 4 is 12.0 Å². The zero-order valence-electron chi connectivity index (χ0n) is 12.3. The number of hydrogen-bond acceptors (Lipinski definition) is 1. The van der Waals surface area contributed by atoms with E-state index in [9.17, 15) is 13.6 Å². The second-order valence-electron chi connectivity index (χ2n) is 5.69. The van der Waals surface area contributed by atoms with Gasteiger partial charge < -0.3 is 4.90 Å². The number of carbonyl (C=O) groups excluding carboxylic acids is 1. The second-order valence-corrected chi connectivity index (χ2v) is 5.69. The van der Waals surface area contributed by atoms with Crippen LogP contribution in [-0.2, 0) is 4.79 Å². The van der Waals surface area contributed by atoms with Crippen LogP contribution in [0.3, 0.4) is 0 Å². The summed E-state index contributed by atoms with van der Waals surface area (Å²) in [6.45, 7) is 0.711. The van der Waals surface area contributed by atoms with E-state index >= 15 is 0 Å². The van der Waals surface area contributed by atoms with Gasteiger partial charge in [-0.2, -0.15) is 0 Å². The minimum atomic E-state index is -0.658. The summed E-state index contributed by atoms with van der Waals surface area (Å²) in [5.41, 5.74) is -0.170. The predicted molar refractivity (Wildman–Crippen MR) is 79.6 cm³/mol. The van der Waals surface area contributed by atoms with Crippen molar-refractivity contribution in [3.8, 4) is 0 Å². The van der Waals surface area contributed by atoms with Gasteiger partial charge in [-0.05, 0) is 37.0 Å². The lowest BCUT2D eigenvalue weighted by atomic mass is 9.89. The van der Waals surface area contributed by atoms with Gasteiger partial charge in [0.1, 0.15) is 11.6 Å². The van der Waals surface area contributed by atoms with Crippen LogP contribution >= 0.6 is 0 Å². The third-order valence-electron chi connectivity index (χ3n) is 4.03. The lowest BCUT2D eigenvalue weighted by molar-refractivity contribution is -0.125. The van der Waals surface area contributed by atoms with E-state index in [0.717, 1.165) is 12.8 Å². The highest BCUT2D eigenvalue weighted by Gasteiger charge is 2.17. The fourth-order valence-electron chi connectivity index (χ4n) is 2.80. The van der Waals surface area contributed by atoms with E-state index in [-0.39, 0.29) is 11.5 Å². The molecular weight excluding hydrogens is 272 g/mol. The maximum atomic E-state index is 13.5. The molecule has 1 aliphatic carbocycles. The van der Waals surface area contributed by atoms with Gasteiger partial charge in [0.05, 0.1) is 0 Å². The van der Waals surface area contributed by atoms with E-state index in [1.165, 1.54) is 49.6 Å². The van der Waals surface area contributed by atoms with Crippen LogP contribution in [0.1, 0.15) is 37.7 Å². The highest BCUT2D eigenvalue weighted by atomic mass is 19.1. The molecule has 0 heterocycles. The summed E-state index contributed by atoms with van der Waals surface area (Å²) < 4.78 is 26.9. The first-order valence-corrected chi connectivity index (χ1v) is 7.45. The zero-order valence-corrected chi connectivity index (χ0v) is 12.3. The number of carbonyl (C=O) groups is 1. The van der Waals surface area contributed by atoms with E-state index in [4.69, 9.17) is 0 Å². The molecule has 0 saturated heterocycles. The molecule has 0 spiro atoms. The Labute approximate surface area is 124 Å². The van der Waals surface area contributed by atoms with Crippen molar-refractivity contribution in [2.75, 3.05) is 13.6 Å². The van der Waals surface area contributed by atoms with Gasteiger partial charge >= 0.3 is 0 Å². The van der Waals surface area contributed by atoms with Crippen molar-refractivity contribution in [3.05, 3.63) is 41.5 Å². The van der Waals surface area contributed by atoms with Crippen molar-refractivity contribution in [2.45, 2.75) is 32.1 Å². The number of benzene rings is 1. The zero-order chi connectivity index (χ0) is 15.2. The van der Waals surface area contributed by atoms with Crippen LogP contribution in [0.2, 0.25) is 0 Å². The molecule has 1 aliphatic rings. The average Bonchev–Trinajstić information content (AvgIpc) is 2.47. The number of halogens is 2. The van der Waals surface area contributed by atoms with Crippen molar-refractivity contribution in [2.24, 2.45) is 5.92 Å². The first-order chi connectivity index (χ1) is 10.1. The molecule has 1 aromatic carbocycles. The van der Waals surface area contributed by atoms with Crippen molar-refractivity contribution < 1.29 is 13.6 Å². The van der Waals surface area contributed by atoms with Crippen LogP contribution in [0.25, 0.3) is 6.08 Å². The number of rotatable bonds is 4. The number of amides is 1. The van der Waals surface area contributed by atoms with Gasteiger partial charge in [-0.3, -0.25) is 4.79 Å². The monoisotopic (exact) mass is 293 g/mol. The van der Waals surface area contributed by atoms with Gasteiger partial charge in [0.15, 0.2) is 0 Å². The topological polar surface area (TPSA) is 20.3 Å². The number of nitrogens with zero attached hydrogens (tertiary/aromatic N) is 1. The fourth-order valence-corrected chi connectivity index (χ4v) is 2.80. The van der Waals surface area contributed by atoms with Crippen molar-refractivity contribution in [3.63, 3.8) is 0 Å². The van der Waals surface area contributed by atoms with Crippen LogP contribution in [0.15, 0.2) is 24.3 Å². The van der Waals surface area contributed by atoms with Gasteiger partial charge in [0.2, 0.25) is 5.91 Å². The van der Waals surface area contributed by atoms with E-state index in [2.05, 4.69) is 0 Å². The molecule has 4 heteroatoms. The molecule has 1 saturated carbocycles. The molecule has 0 N–H and O–H groups in total. The Morgan fingerprint density at radius 2 is 1.86 bits per heavy atom. The standard InChI is InChI=1S/C17H21F2NO/c1-20(12-13-6-3-2-4-7-13)17(21)11-10-14-15(18)8-5-9-16(14)19/h5,8-11,13H,2-4,6-7,12H2,1H3/b11-10+. The highest BCUT2D eigenvalue weighted by Crippen LogP contribution is 2.24. The van der Waals surface area contributed by atoms with Crippen LogP contribution in [-0.4, -0.2) is 24.4 Å². The molecule has 114 valence electrons. The summed E-state index contributed by atoms with van der Waals surface area (Å²) in [5, 5.41) is 0. The molecule has 0 aromatic heterocycles. The van der Waals surface area contributed by atoms with Gasteiger partial charge in [-0.15, -0.1) is 0 Å². The van der Waals surface area contributed by atoms with Crippen LogP contribution < -0.4 is 0 Å². The summed E-state index contributed by atoms with van der Waals surface area (Å²) in [4.78, 5) is 13.6. The molecule has 2 nitrogen and oxygen atoms in total. The van der Waals surface area contributed by atoms with Crippen LogP contribution in [0.5, 0.6) is 0 Å². The lowest BCUT2D eigenvalue weighted by Crippen LogP contribution is -2.31. The largest absolute Gasteiger partial charge is 0.342 e. The average molecular weight is 293 g/mol. The molecule has 0 radical (unpaired) electrons. The van der Waals surface area contributed by atoms with E-state index in [1.54, 1.807) is 11.9 Å². The molecule has 21 heavy (non-hydrogen) atoms. The summed E-state index contributed by atoms with van der Waals surface area (Å²) >= 11 is 0. The molecule has 2 rings (SSSR count). The smallest absolute Gasteiger partial charge is 0.246 e. The van der Waals surface area contributed by atoms with E-state index < -0.39 is 11.6 Å². The van der Waals surface area contributed by atoms with Crippen LogP contribution in [0, 0.1) is 17.6 Å². The molecule has 1 aromatic rings. The second kappa shape index (κ2) is 7.34. The van der Waals surface area contributed by atoms with E-state index in [0.29, 0.717) is 12.5 Å². The summed E-state index contributed by atoms with van der Waals surface area (Å²) in [5.74, 6) is -0.988. The van der Waals surface area contributed by atoms with Crippen molar-refractivity contribution in [1.82, 2.24) is 4.90 Å². The minimum Gasteiger partial charge on any atom is -0.342 e. The summed E-state index contributed by atoms with van der Waals surface area (Å²) in [7, 11) is 1.74. The maximum Gasteiger partial charge on any atom is 0.246 e. The molecule has 0 bridgehead atoms. The van der Waals surface area contributed by atoms with Crippen molar-refractivity contribution in [1.29, 1.82) is 0 Å². The Kier molecular flexibility index (Phi) is 5.48. The highest BCUT2D eigenvalue weighted by molar-refractivity contribution is 5.91. The molecule has 0 atom stereocenters. The van der Waals surface area contributed by atoms with Gasteiger partial charge in [-0.1, -0.05) is 25.3 Å². The van der Waals surface area contributed by atoms with Gasteiger partial charge in [0.25, 0.3) is 0 Å². The molecule has 0 unspecified atom stereocenters. The molecule has 0 aliphatic heterocycles. The first-order valence-electron chi connectivity index (χ1n) is 7.45. The lowest BCUT2D eigenvalue weighted by Gasteiger charge is -2.26. The minimum absolute atomic E-state index is 0.170. The Morgan fingerprint density at radius 1 is 1.24 bits per heavy atom. The Bertz CT molecular complexity index is 501. The van der Waals surface area contributed by atoms with Gasteiger partial charge in [0, 0.05) is 25.2 Å². The third kappa shape index (κ3) is 4.38. The SMILES string of the molecule is CN(CC1CCCCC1)C(=O)/C=C/c1c(F)cccc1F. The Hall–Kier alpha value is -1.71. The Morgan fingerprint density at radius 3 is 2.48 bits per heavy atom. The first kappa shape index (κ1) is 15.7. The van der Waals surface area contributed by atoms with Gasteiger partial charge in [-0.25, -0.2) is 8.78 Å². The summed E-state index contributed by atoms with van der Waals surface area (Å²) in [6.07, 6.45) is 8.49. The normalized spacial score (nSPS) is 16.3. The number of hydrogen-bond donors (Lipinski definition) is 0. The number of likely N-dealkylation sites (N-methyl/N-ethyl adjacent to an activating group) is 1. The molecular formula is C17H21F2NO. The fraction of sp³-hybridized carbons (Fsp3) is 0.471. The van der Waals surface area contributed by atoms with Crippen LogP contribution in [0.4, 0.5) is 8.78 Å². The maximum absolute atomic E-state index is 13.5. The Balaban J connectivity index is 1.95. The van der Waals surface area contributed by atoms with E-state index in [1.807, 2.05) is 0 Å². The third-order valence-corrected chi connectivity index (χ3v) is 4.03. The molecule has 1 fully saturated rings. The molecule has 1 amide bonds.